The Bertz CT molecular complexity index is 993. The number of ether oxygens (including phenoxy) is 1. The Labute approximate surface area is 183 Å². The second-order valence-electron chi connectivity index (χ2n) is 6.30. The number of benzene rings is 2. The molecule has 0 radical (unpaired) electrons. The number of nitrogens with one attached hydrogen (secondary N) is 1. The molecule has 0 spiro atoms. The number of para-hydroxylation sites is 1. The first-order valence-electron chi connectivity index (χ1n) is 9.35. The summed E-state index contributed by atoms with van der Waals surface area (Å²) in [6, 6.07) is 16.1. The summed E-state index contributed by atoms with van der Waals surface area (Å²) in [6.07, 6.45) is -0.186. The topological polar surface area (TPSA) is 86.1 Å². The molecule has 1 heterocycles. The Kier molecular flexibility index (Phi) is 7.87. The average molecular weight is 445 g/mol. The summed E-state index contributed by atoms with van der Waals surface area (Å²) in [5.74, 6) is 0.959. The number of anilines is 1. The Morgan fingerprint density at radius 1 is 1.10 bits per heavy atom. The Morgan fingerprint density at radius 2 is 1.83 bits per heavy atom. The standard InChI is InChI=1S/C21H21ClN4O3S/c1-2-26-19(13-29-18-10-8-15(22)9-11-18)24-25-21(26)30-14-17(27)12-20(28)23-16-6-4-3-5-7-16/h3-11H,2,12-14H2,1H3,(H,23,28). The fraction of sp³-hybridized carbons (Fsp3) is 0.238. The van der Waals surface area contributed by atoms with E-state index < -0.39 is 0 Å². The van der Waals surface area contributed by atoms with Crippen molar-refractivity contribution in [2.24, 2.45) is 0 Å². The largest absolute Gasteiger partial charge is 0.486 e. The summed E-state index contributed by atoms with van der Waals surface area (Å²) in [5, 5.41) is 12.3. The van der Waals surface area contributed by atoms with Crippen LogP contribution in [0.2, 0.25) is 5.02 Å². The first kappa shape index (κ1) is 21.9. The molecule has 1 N–H and O–H groups in total. The van der Waals surface area contributed by atoms with E-state index in [0.717, 1.165) is 0 Å². The Hall–Kier alpha value is -2.84. The Balaban J connectivity index is 1.50. The monoisotopic (exact) mass is 444 g/mol. The molecule has 0 fully saturated rings. The van der Waals surface area contributed by atoms with E-state index in [0.29, 0.717) is 34.0 Å². The van der Waals surface area contributed by atoms with Crippen LogP contribution in [0, 0.1) is 0 Å². The minimum atomic E-state index is -0.333. The van der Waals surface area contributed by atoms with Gasteiger partial charge in [0, 0.05) is 17.3 Å². The average Bonchev–Trinajstić information content (AvgIpc) is 3.14. The Morgan fingerprint density at radius 3 is 2.53 bits per heavy atom. The molecule has 0 atom stereocenters. The van der Waals surface area contributed by atoms with Crippen LogP contribution in [0.3, 0.4) is 0 Å². The second-order valence-corrected chi connectivity index (χ2v) is 7.68. The molecule has 0 aliphatic heterocycles. The number of ketones is 1. The van der Waals surface area contributed by atoms with Crippen molar-refractivity contribution in [2.45, 2.75) is 31.7 Å². The van der Waals surface area contributed by atoms with Gasteiger partial charge in [-0.25, -0.2) is 0 Å². The van der Waals surface area contributed by atoms with Crippen LogP contribution < -0.4 is 10.1 Å². The van der Waals surface area contributed by atoms with Gasteiger partial charge >= 0.3 is 0 Å². The van der Waals surface area contributed by atoms with Crippen molar-refractivity contribution in [3.8, 4) is 5.75 Å². The van der Waals surface area contributed by atoms with Gasteiger partial charge in [-0.1, -0.05) is 41.6 Å². The highest BCUT2D eigenvalue weighted by molar-refractivity contribution is 7.99. The van der Waals surface area contributed by atoms with Crippen LogP contribution in [0.15, 0.2) is 59.8 Å². The predicted octanol–water partition coefficient (Wildman–Crippen LogP) is 4.22. The van der Waals surface area contributed by atoms with Gasteiger partial charge < -0.3 is 14.6 Å². The number of thioether (sulfide) groups is 1. The third-order valence-corrected chi connectivity index (χ3v) is 5.35. The molecule has 1 amide bonds. The van der Waals surface area contributed by atoms with Crippen molar-refractivity contribution in [2.75, 3.05) is 11.1 Å². The molecule has 0 aliphatic rings. The van der Waals surface area contributed by atoms with Gasteiger partial charge in [0.15, 0.2) is 16.8 Å². The zero-order valence-electron chi connectivity index (χ0n) is 16.4. The summed E-state index contributed by atoms with van der Waals surface area (Å²) in [6.45, 7) is 2.85. The molecule has 0 saturated carbocycles. The molecule has 0 aliphatic carbocycles. The van der Waals surface area contributed by atoms with Crippen molar-refractivity contribution in [3.05, 3.63) is 65.4 Å². The minimum absolute atomic E-state index is 0.137. The van der Waals surface area contributed by atoms with E-state index in [2.05, 4.69) is 15.5 Å². The van der Waals surface area contributed by atoms with E-state index in [1.54, 1.807) is 36.4 Å². The van der Waals surface area contributed by atoms with E-state index in [-0.39, 0.29) is 30.5 Å². The van der Waals surface area contributed by atoms with Crippen molar-refractivity contribution < 1.29 is 14.3 Å². The summed E-state index contributed by atoms with van der Waals surface area (Å²) in [4.78, 5) is 24.2. The number of hydrogen-bond acceptors (Lipinski definition) is 6. The van der Waals surface area contributed by atoms with Gasteiger partial charge in [0.25, 0.3) is 0 Å². The van der Waals surface area contributed by atoms with Crippen LogP contribution in [0.5, 0.6) is 5.75 Å². The molecule has 3 aromatic rings. The number of aromatic nitrogens is 3. The van der Waals surface area contributed by atoms with E-state index in [1.165, 1.54) is 11.8 Å². The van der Waals surface area contributed by atoms with Crippen LogP contribution in [0.1, 0.15) is 19.2 Å². The minimum Gasteiger partial charge on any atom is -0.486 e. The highest BCUT2D eigenvalue weighted by Gasteiger charge is 2.15. The molecule has 3 rings (SSSR count). The number of rotatable bonds is 10. The van der Waals surface area contributed by atoms with Gasteiger partial charge in [-0.3, -0.25) is 9.59 Å². The SMILES string of the molecule is CCn1c(COc2ccc(Cl)cc2)nnc1SCC(=O)CC(=O)Nc1ccccc1. The second kappa shape index (κ2) is 10.8. The maximum absolute atomic E-state index is 12.2. The van der Waals surface area contributed by atoms with Crippen molar-refractivity contribution >= 4 is 40.7 Å². The molecule has 1 aromatic heterocycles. The van der Waals surface area contributed by atoms with Crippen LogP contribution in [-0.2, 0) is 22.7 Å². The molecule has 9 heteroatoms. The van der Waals surface area contributed by atoms with E-state index in [4.69, 9.17) is 16.3 Å². The predicted molar refractivity (Wildman–Crippen MR) is 117 cm³/mol. The lowest BCUT2D eigenvalue weighted by Crippen LogP contribution is -2.17. The normalized spacial score (nSPS) is 10.6. The summed E-state index contributed by atoms with van der Waals surface area (Å²) in [5.41, 5.74) is 0.666. The number of carbonyl (C=O) groups is 2. The molecule has 7 nitrogen and oxygen atoms in total. The fourth-order valence-corrected chi connectivity index (χ4v) is 3.64. The first-order valence-corrected chi connectivity index (χ1v) is 10.7. The van der Waals surface area contributed by atoms with E-state index in [1.807, 2.05) is 29.7 Å². The lowest BCUT2D eigenvalue weighted by atomic mass is 10.2. The van der Waals surface area contributed by atoms with Gasteiger partial charge in [-0.15, -0.1) is 10.2 Å². The quantitative estimate of drug-likeness (QED) is 0.372. The highest BCUT2D eigenvalue weighted by Crippen LogP contribution is 2.20. The molecule has 156 valence electrons. The maximum Gasteiger partial charge on any atom is 0.231 e. The highest BCUT2D eigenvalue weighted by atomic mass is 35.5. The summed E-state index contributed by atoms with van der Waals surface area (Å²) < 4.78 is 7.61. The van der Waals surface area contributed by atoms with E-state index >= 15 is 0 Å². The van der Waals surface area contributed by atoms with Gasteiger partial charge in [-0.2, -0.15) is 0 Å². The van der Waals surface area contributed by atoms with Gasteiger partial charge in [-0.05, 0) is 43.3 Å². The van der Waals surface area contributed by atoms with Crippen LogP contribution >= 0.6 is 23.4 Å². The molecular weight excluding hydrogens is 424 g/mol. The lowest BCUT2D eigenvalue weighted by Gasteiger charge is -2.09. The molecule has 0 bridgehead atoms. The van der Waals surface area contributed by atoms with Crippen LogP contribution in [0.25, 0.3) is 0 Å². The lowest BCUT2D eigenvalue weighted by molar-refractivity contribution is -0.123. The molecule has 0 saturated heterocycles. The zero-order valence-corrected chi connectivity index (χ0v) is 17.9. The van der Waals surface area contributed by atoms with Crippen molar-refractivity contribution in [1.29, 1.82) is 0 Å². The number of halogens is 1. The zero-order chi connectivity index (χ0) is 21.3. The van der Waals surface area contributed by atoms with Gasteiger partial charge in [0.1, 0.15) is 12.4 Å². The molecule has 0 unspecified atom stereocenters. The summed E-state index contributed by atoms with van der Waals surface area (Å²) in [7, 11) is 0. The number of Topliss-reactive ketones (excluding diaryl/α,β-unsaturated/α-hetero) is 1. The van der Waals surface area contributed by atoms with Crippen LogP contribution in [-0.4, -0.2) is 32.2 Å². The summed E-state index contributed by atoms with van der Waals surface area (Å²) >= 11 is 7.13. The first-order chi connectivity index (χ1) is 14.5. The van der Waals surface area contributed by atoms with Crippen molar-refractivity contribution in [3.63, 3.8) is 0 Å². The number of hydrogen-bond donors (Lipinski definition) is 1. The molecular formula is C21H21ClN4O3S. The van der Waals surface area contributed by atoms with Gasteiger partial charge in [0.2, 0.25) is 5.91 Å². The van der Waals surface area contributed by atoms with E-state index in [9.17, 15) is 9.59 Å². The molecule has 30 heavy (non-hydrogen) atoms. The molecule has 2 aromatic carbocycles. The number of carbonyl (C=O) groups excluding carboxylic acids is 2. The van der Waals surface area contributed by atoms with Crippen molar-refractivity contribution in [1.82, 2.24) is 14.8 Å². The maximum atomic E-state index is 12.2. The van der Waals surface area contributed by atoms with Crippen LogP contribution in [0.4, 0.5) is 5.69 Å². The third-order valence-electron chi connectivity index (χ3n) is 4.07. The number of nitrogens with zero attached hydrogens (tertiary/aromatic N) is 3. The third kappa shape index (κ3) is 6.33. The fourth-order valence-electron chi connectivity index (χ4n) is 2.63. The van der Waals surface area contributed by atoms with Gasteiger partial charge in [0.05, 0.1) is 12.2 Å². The number of amides is 1. The smallest absolute Gasteiger partial charge is 0.231 e.